The highest BCUT2D eigenvalue weighted by Gasteiger charge is 2.58. The molecule has 8 aromatic carbocycles. The highest BCUT2D eigenvalue weighted by molar-refractivity contribution is 6.08. The molecular formula is C102H84F4N2O3. The molecule has 0 amide bonds. The standard InChI is InChI=1S/C102H84F4N2O3/c1-3-65-35-47-79(48-36-65)109-81-51-41-71(42-52-81)101(99-93(103)31-17-32-94(99)104)89-29-13-11-27-83(89)85-55-39-69(61-91(85)101)67-19-15-25-75(59-67)107(73-21-7-5-8-22-73)77-45-57-97-87(63-77)88-64-78(46-58-98(88)111-97)108(74-23-9-6-10-24-74)76-26-16-20-68(60-76)70-40-56-86-84-28-12-14-30-90(84)102(92(86)62-70,100-95(105)33-18-34-96(100)106)72-43-53-82(54-44-72)110-80-49-37-66(4-2)38-50-80/h3-7,9,11-17,19-21,23,25-33,35,37,39-47,49,51,53,55-64,81-82,85,91,96,100H,1-2,8,10,18,22,24,34,36,38,48,50,52,54H2. The van der Waals surface area contributed by atoms with Crippen molar-refractivity contribution in [2.24, 2.45) is 11.8 Å². The summed E-state index contributed by atoms with van der Waals surface area (Å²) in [6.45, 7) is 7.91. The summed E-state index contributed by atoms with van der Waals surface area (Å²) in [5.74, 6) is -1.41. The SMILES string of the molecule is C=CC1=CC=C(OC2C=CC(C3(c4c(F)cccc4F)c4ccccc4C4C=CC(c5cccc(N(C6=CC=CCC6)c6ccc7oc8ccc(N(C9=CC=CCC9)c9cccc(-c%10ccc%11c(c%10)C(C%10=CCC(OC%12=CC=C(C=C)CC%12)C=C%10)(C%10C(F)=CCCC%10F)c%10ccccc%10-%11)c9)cc8c7c6)c5)=CC43)=CC2)CC1. The fraction of sp³-hybridized carbons (Fsp3) is 0.196. The van der Waals surface area contributed by atoms with E-state index in [1.54, 1.807) is 6.08 Å². The molecule has 0 fully saturated rings. The van der Waals surface area contributed by atoms with Crippen LogP contribution in [0.4, 0.5) is 40.3 Å². The van der Waals surface area contributed by atoms with Crippen LogP contribution in [0.2, 0.25) is 0 Å². The van der Waals surface area contributed by atoms with Crippen LogP contribution in [0.3, 0.4) is 0 Å². The van der Waals surface area contributed by atoms with Crippen LogP contribution < -0.4 is 9.80 Å². The Bertz CT molecular complexity index is 5850. The van der Waals surface area contributed by atoms with E-state index in [1.807, 2.05) is 48.6 Å². The highest BCUT2D eigenvalue weighted by atomic mass is 19.1. The summed E-state index contributed by atoms with van der Waals surface area (Å²) in [6, 6.07) is 57.6. The van der Waals surface area contributed by atoms with E-state index < -0.39 is 46.3 Å². The number of anilines is 4. The lowest BCUT2D eigenvalue weighted by Crippen LogP contribution is -2.43. The molecule has 0 radical (unpaired) electrons. The third-order valence-corrected chi connectivity index (χ3v) is 24.7. The van der Waals surface area contributed by atoms with Crippen LogP contribution in [0, 0.1) is 23.5 Å². The molecule has 9 heteroatoms. The van der Waals surface area contributed by atoms with Crippen LogP contribution in [-0.4, -0.2) is 18.4 Å². The van der Waals surface area contributed by atoms with Crippen LogP contribution in [0.1, 0.15) is 116 Å². The number of halogens is 4. The largest absolute Gasteiger partial charge is 0.490 e. The fourth-order valence-corrected chi connectivity index (χ4v) is 19.6. The number of rotatable bonds is 18. The monoisotopic (exact) mass is 1460 g/mol. The van der Waals surface area contributed by atoms with E-state index in [2.05, 4.69) is 254 Å². The molecule has 8 atom stereocenters. The van der Waals surface area contributed by atoms with Gasteiger partial charge in [-0.25, -0.2) is 17.6 Å². The van der Waals surface area contributed by atoms with Gasteiger partial charge in [-0.1, -0.05) is 201 Å². The van der Waals surface area contributed by atoms with Gasteiger partial charge in [0.05, 0.1) is 28.3 Å². The Hall–Kier alpha value is -11.9. The van der Waals surface area contributed by atoms with Gasteiger partial charge >= 0.3 is 0 Å². The lowest BCUT2D eigenvalue weighted by molar-refractivity contribution is 0.144. The number of fused-ring (bicyclic) bond motifs is 9. The average molecular weight is 1460 g/mol. The second kappa shape index (κ2) is 28.8. The fourth-order valence-electron chi connectivity index (χ4n) is 19.6. The van der Waals surface area contributed by atoms with E-state index in [9.17, 15) is 0 Å². The van der Waals surface area contributed by atoms with E-state index >= 15 is 17.6 Å². The van der Waals surface area contributed by atoms with Crippen molar-refractivity contribution in [3.05, 3.63) is 413 Å². The number of allylic oxidation sites excluding steroid dienone is 28. The first-order chi connectivity index (χ1) is 54.5. The highest BCUT2D eigenvalue weighted by Crippen LogP contribution is 2.64. The molecule has 0 saturated heterocycles. The first-order valence-electron chi connectivity index (χ1n) is 39.4. The lowest BCUT2D eigenvalue weighted by Gasteiger charge is -2.44. The van der Waals surface area contributed by atoms with E-state index in [1.165, 1.54) is 29.3 Å². The van der Waals surface area contributed by atoms with Crippen molar-refractivity contribution in [2.45, 2.75) is 112 Å². The quantitative estimate of drug-likeness (QED) is 0.0801. The lowest BCUT2D eigenvalue weighted by atomic mass is 9.59. The summed E-state index contributed by atoms with van der Waals surface area (Å²) < 4.78 is 88.8. The minimum atomic E-state index is -1.43. The minimum absolute atomic E-state index is 0.0495. The van der Waals surface area contributed by atoms with Crippen molar-refractivity contribution in [3.8, 4) is 22.3 Å². The average Bonchev–Trinajstić information content (AvgIpc) is 1.55. The Balaban J connectivity index is 0.674. The van der Waals surface area contributed by atoms with Crippen molar-refractivity contribution < 1.29 is 31.5 Å². The second-order valence-corrected chi connectivity index (χ2v) is 30.8. The van der Waals surface area contributed by atoms with Crippen molar-refractivity contribution in [1.29, 1.82) is 0 Å². The molecule has 0 saturated carbocycles. The summed E-state index contributed by atoms with van der Waals surface area (Å²) >= 11 is 0. The van der Waals surface area contributed by atoms with E-state index in [0.29, 0.717) is 19.3 Å². The van der Waals surface area contributed by atoms with E-state index in [-0.39, 0.29) is 30.1 Å². The molecule has 5 nitrogen and oxygen atoms in total. The molecule has 0 spiro atoms. The molecule has 9 aromatic rings. The molecule has 548 valence electrons. The zero-order chi connectivity index (χ0) is 74.9. The molecule has 0 aliphatic heterocycles. The van der Waals surface area contributed by atoms with Gasteiger partial charge in [-0.15, -0.1) is 0 Å². The Labute approximate surface area is 646 Å². The first-order valence-corrected chi connectivity index (χ1v) is 39.4. The smallest absolute Gasteiger partial charge is 0.135 e. The van der Waals surface area contributed by atoms with Crippen LogP contribution >= 0.6 is 0 Å². The van der Waals surface area contributed by atoms with Crippen molar-refractivity contribution in [2.75, 3.05) is 9.80 Å². The number of nitrogens with zero attached hydrogens (tertiary/aromatic N) is 2. The van der Waals surface area contributed by atoms with Gasteiger partial charge in [0.2, 0.25) is 0 Å². The van der Waals surface area contributed by atoms with Crippen LogP contribution in [0.15, 0.2) is 372 Å². The minimum Gasteiger partial charge on any atom is -0.490 e. The van der Waals surface area contributed by atoms with Gasteiger partial charge in [-0.3, -0.25) is 0 Å². The first kappa shape index (κ1) is 69.5. The molecule has 8 unspecified atom stereocenters. The topological polar surface area (TPSA) is 38.1 Å². The predicted molar refractivity (Wildman–Crippen MR) is 444 cm³/mol. The predicted octanol–water partition coefficient (Wildman–Crippen LogP) is 26.9. The third-order valence-electron chi connectivity index (χ3n) is 24.7. The van der Waals surface area contributed by atoms with E-state index in [0.717, 1.165) is 186 Å². The number of hydrogen-bond donors (Lipinski definition) is 0. The molecule has 19 rings (SSSR count). The van der Waals surface area contributed by atoms with Gasteiger partial charge in [0.15, 0.2) is 0 Å². The Kier molecular flexibility index (Phi) is 18.0. The van der Waals surface area contributed by atoms with Crippen molar-refractivity contribution in [3.63, 3.8) is 0 Å². The molecule has 10 aliphatic rings. The maximum absolute atomic E-state index is 17.3. The summed E-state index contributed by atoms with van der Waals surface area (Å²) in [4.78, 5) is 4.73. The van der Waals surface area contributed by atoms with Crippen LogP contribution in [-0.2, 0) is 20.3 Å². The molecule has 1 heterocycles. The zero-order valence-electron chi connectivity index (χ0n) is 61.9. The van der Waals surface area contributed by atoms with Crippen molar-refractivity contribution in [1.82, 2.24) is 0 Å². The van der Waals surface area contributed by atoms with E-state index in [4.69, 9.17) is 13.9 Å². The Morgan fingerprint density at radius 2 is 1.05 bits per heavy atom. The number of benzene rings is 8. The summed E-state index contributed by atoms with van der Waals surface area (Å²) in [5.41, 5.74) is 19.0. The second-order valence-electron chi connectivity index (χ2n) is 30.8. The maximum Gasteiger partial charge on any atom is 0.135 e. The summed E-state index contributed by atoms with van der Waals surface area (Å²) in [7, 11) is 0. The Morgan fingerprint density at radius 3 is 1.63 bits per heavy atom. The number of ether oxygens (including phenoxy) is 2. The maximum atomic E-state index is 17.3. The van der Waals surface area contributed by atoms with Crippen LogP contribution in [0.5, 0.6) is 0 Å². The van der Waals surface area contributed by atoms with Gasteiger partial charge < -0.3 is 23.7 Å². The van der Waals surface area contributed by atoms with Gasteiger partial charge in [0, 0.05) is 88.0 Å². The molecule has 111 heavy (non-hydrogen) atoms. The van der Waals surface area contributed by atoms with Gasteiger partial charge in [-0.2, -0.15) is 0 Å². The summed E-state index contributed by atoms with van der Waals surface area (Å²) in [6.07, 6.45) is 52.5. The van der Waals surface area contributed by atoms with Crippen LogP contribution in [0.25, 0.3) is 49.8 Å². The number of alkyl halides is 1. The third kappa shape index (κ3) is 12.0. The molecule has 0 N–H and O–H groups in total. The normalized spacial score (nSPS) is 24.1. The number of hydrogen-bond acceptors (Lipinski definition) is 5. The van der Waals surface area contributed by atoms with Gasteiger partial charge in [0.1, 0.15) is 47.0 Å². The molecule has 1 aromatic heterocycles. The summed E-state index contributed by atoms with van der Waals surface area (Å²) in [5, 5.41) is 1.93. The van der Waals surface area contributed by atoms with Gasteiger partial charge in [0.25, 0.3) is 0 Å². The van der Waals surface area contributed by atoms with Crippen molar-refractivity contribution >= 4 is 50.3 Å². The molecule has 10 aliphatic carbocycles. The van der Waals surface area contributed by atoms with Gasteiger partial charge in [-0.05, 0) is 245 Å². The number of furan rings is 1. The Morgan fingerprint density at radius 1 is 0.477 bits per heavy atom. The zero-order valence-corrected chi connectivity index (χ0v) is 61.9. The molecular weight excluding hydrogens is 1380 g/mol. The molecule has 0 bridgehead atoms.